The maximum atomic E-state index is 8.82. The summed E-state index contributed by atoms with van der Waals surface area (Å²) in [6.45, 7) is 7.90. The molecule has 0 aliphatic carbocycles. The molecule has 1 fully saturated rings. The standard InChI is InChI=1S/C16H20N6/c1-2-21-6-5-18-16(21)13-20-7-9-22(10-8-20)15-4-3-14(11-17)12-19-15/h3-6,12H,2,7-10,13H2,1H3. The summed E-state index contributed by atoms with van der Waals surface area (Å²) in [5.74, 6) is 2.08. The van der Waals surface area contributed by atoms with Gasteiger partial charge in [-0.15, -0.1) is 0 Å². The number of aryl methyl sites for hydroxylation is 1. The van der Waals surface area contributed by atoms with E-state index in [0.717, 1.165) is 50.9 Å². The van der Waals surface area contributed by atoms with Gasteiger partial charge in [-0.25, -0.2) is 9.97 Å². The first-order valence-electron chi connectivity index (χ1n) is 7.63. The number of imidazole rings is 1. The summed E-state index contributed by atoms with van der Waals surface area (Å²) in [4.78, 5) is 13.5. The highest BCUT2D eigenvalue weighted by Crippen LogP contribution is 2.15. The molecule has 22 heavy (non-hydrogen) atoms. The van der Waals surface area contributed by atoms with Crippen LogP contribution in [0.4, 0.5) is 5.82 Å². The van der Waals surface area contributed by atoms with Crippen LogP contribution in [0.2, 0.25) is 0 Å². The fourth-order valence-corrected chi connectivity index (χ4v) is 2.75. The van der Waals surface area contributed by atoms with E-state index in [-0.39, 0.29) is 0 Å². The maximum Gasteiger partial charge on any atom is 0.128 e. The Morgan fingerprint density at radius 2 is 2.00 bits per heavy atom. The van der Waals surface area contributed by atoms with Gasteiger partial charge in [0.15, 0.2) is 0 Å². The molecule has 0 saturated carbocycles. The van der Waals surface area contributed by atoms with Gasteiger partial charge in [-0.2, -0.15) is 5.26 Å². The molecule has 6 nitrogen and oxygen atoms in total. The summed E-state index contributed by atoms with van der Waals surface area (Å²) in [6, 6.07) is 5.86. The Kier molecular flexibility index (Phi) is 4.35. The number of piperazine rings is 1. The smallest absolute Gasteiger partial charge is 0.128 e. The highest BCUT2D eigenvalue weighted by atomic mass is 15.3. The minimum atomic E-state index is 0.605. The molecule has 0 radical (unpaired) electrons. The summed E-state index contributed by atoms with van der Waals surface area (Å²) >= 11 is 0. The molecule has 0 amide bonds. The highest BCUT2D eigenvalue weighted by molar-refractivity contribution is 5.42. The first-order chi connectivity index (χ1) is 10.8. The van der Waals surface area contributed by atoms with E-state index in [1.54, 1.807) is 6.20 Å². The Hall–Kier alpha value is -2.39. The summed E-state index contributed by atoms with van der Waals surface area (Å²) in [5.41, 5.74) is 0.605. The molecule has 6 heteroatoms. The SMILES string of the molecule is CCn1ccnc1CN1CCN(c2ccc(C#N)cn2)CC1. The third kappa shape index (κ3) is 3.10. The van der Waals surface area contributed by atoms with Crippen LogP contribution >= 0.6 is 0 Å². The van der Waals surface area contributed by atoms with Gasteiger partial charge in [-0.05, 0) is 19.1 Å². The van der Waals surface area contributed by atoms with Crippen molar-refractivity contribution in [1.29, 1.82) is 5.26 Å². The quantitative estimate of drug-likeness (QED) is 0.855. The molecule has 0 spiro atoms. The van der Waals surface area contributed by atoms with E-state index in [2.05, 4.69) is 37.3 Å². The molecule has 3 heterocycles. The maximum absolute atomic E-state index is 8.82. The number of nitriles is 1. The summed E-state index contributed by atoms with van der Waals surface area (Å²) in [7, 11) is 0. The van der Waals surface area contributed by atoms with Crippen molar-refractivity contribution in [2.75, 3.05) is 31.1 Å². The zero-order valence-corrected chi connectivity index (χ0v) is 12.8. The van der Waals surface area contributed by atoms with E-state index in [4.69, 9.17) is 5.26 Å². The van der Waals surface area contributed by atoms with Crippen LogP contribution in [0.1, 0.15) is 18.3 Å². The lowest BCUT2D eigenvalue weighted by atomic mass is 10.2. The van der Waals surface area contributed by atoms with Crippen molar-refractivity contribution >= 4 is 5.82 Å². The molecular weight excluding hydrogens is 276 g/mol. The van der Waals surface area contributed by atoms with Crippen molar-refractivity contribution < 1.29 is 0 Å². The van der Waals surface area contributed by atoms with Crippen LogP contribution in [0.25, 0.3) is 0 Å². The fourth-order valence-electron chi connectivity index (χ4n) is 2.75. The number of hydrogen-bond donors (Lipinski definition) is 0. The summed E-state index contributed by atoms with van der Waals surface area (Å²) < 4.78 is 2.19. The van der Waals surface area contributed by atoms with Crippen LogP contribution in [-0.2, 0) is 13.1 Å². The molecule has 3 rings (SSSR count). The van der Waals surface area contributed by atoms with Crippen LogP contribution in [0.15, 0.2) is 30.7 Å². The third-order valence-corrected chi connectivity index (χ3v) is 4.08. The summed E-state index contributed by atoms with van der Waals surface area (Å²) in [5, 5.41) is 8.82. The van der Waals surface area contributed by atoms with Gasteiger partial charge in [-0.3, -0.25) is 4.90 Å². The topological polar surface area (TPSA) is 61.0 Å². The minimum Gasteiger partial charge on any atom is -0.354 e. The van der Waals surface area contributed by atoms with E-state index in [1.807, 2.05) is 24.5 Å². The predicted octanol–water partition coefficient (Wildman–Crippen LogP) is 1.49. The second-order valence-electron chi connectivity index (χ2n) is 5.41. The number of aromatic nitrogens is 3. The van der Waals surface area contributed by atoms with Gasteiger partial charge in [0, 0.05) is 51.3 Å². The lowest BCUT2D eigenvalue weighted by Gasteiger charge is -2.35. The number of hydrogen-bond acceptors (Lipinski definition) is 5. The van der Waals surface area contributed by atoms with Crippen molar-refractivity contribution in [3.63, 3.8) is 0 Å². The molecule has 0 atom stereocenters. The number of rotatable bonds is 4. The lowest BCUT2D eigenvalue weighted by molar-refractivity contribution is 0.240. The largest absolute Gasteiger partial charge is 0.354 e. The van der Waals surface area contributed by atoms with Gasteiger partial charge in [0.25, 0.3) is 0 Å². The van der Waals surface area contributed by atoms with E-state index < -0.39 is 0 Å². The van der Waals surface area contributed by atoms with E-state index in [1.165, 1.54) is 0 Å². The van der Waals surface area contributed by atoms with Crippen LogP contribution in [0, 0.1) is 11.3 Å². The Balaban J connectivity index is 1.57. The van der Waals surface area contributed by atoms with Crippen molar-refractivity contribution in [3.05, 3.63) is 42.1 Å². The molecule has 0 unspecified atom stereocenters. The van der Waals surface area contributed by atoms with Crippen LogP contribution in [-0.4, -0.2) is 45.6 Å². The Morgan fingerprint density at radius 3 is 2.64 bits per heavy atom. The van der Waals surface area contributed by atoms with Crippen molar-refractivity contribution in [3.8, 4) is 6.07 Å². The molecule has 2 aromatic rings. The predicted molar refractivity (Wildman–Crippen MR) is 84.3 cm³/mol. The van der Waals surface area contributed by atoms with Crippen molar-refractivity contribution in [2.24, 2.45) is 0 Å². The van der Waals surface area contributed by atoms with Crippen LogP contribution in [0.5, 0.6) is 0 Å². The van der Waals surface area contributed by atoms with Gasteiger partial charge in [0.2, 0.25) is 0 Å². The second-order valence-corrected chi connectivity index (χ2v) is 5.41. The molecule has 0 N–H and O–H groups in total. The zero-order chi connectivity index (χ0) is 15.4. The van der Waals surface area contributed by atoms with Gasteiger partial charge in [-0.1, -0.05) is 0 Å². The zero-order valence-electron chi connectivity index (χ0n) is 12.8. The molecule has 2 aromatic heterocycles. The number of pyridine rings is 1. The van der Waals surface area contributed by atoms with Crippen molar-refractivity contribution in [1.82, 2.24) is 19.4 Å². The number of anilines is 1. The first kappa shape index (κ1) is 14.5. The van der Waals surface area contributed by atoms with E-state index >= 15 is 0 Å². The minimum absolute atomic E-state index is 0.605. The highest BCUT2D eigenvalue weighted by Gasteiger charge is 2.19. The molecule has 114 valence electrons. The van der Waals surface area contributed by atoms with E-state index in [0.29, 0.717) is 5.56 Å². The van der Waals surface area contributed by atoms with E-state index in [9.17, 15) is 0 Å². The number of nitrogens with zero attached hydrogens (tertiary/aromatic N) is 6. The Morgan fingerprint density at radius 1 is 1.18 bits per heavy atom. The Labute approximate surface area is 130 Å². The fraction of sp³-hybridized carbons (Fsp3) is 0.438. The average Bonchev–Trinajstić information content (AvgIpc) is 3.03. The molecular formula is C16H20N6. The monoisotopic (exact) mass is 296 g/mol. The molecule has 0 bridgehead atoms. The molecule has 1 saturated heterocycles. The average molecular weight is 296 g/mol. The second kappa shape index (κ2) is 6.58. The third-order valence-electron chi connectivity index (χ3n) is 4.08. The Bertz CT molecular complexity index is 646. The normalized spacial score (nSPS) is 15.7. The van der Waals surface area contributed by atoms with Crippen LogP contribution in [0.3, 0.4) is 0 Å². The first-order valence-corrected chi connectivity index (χ1v) is 7.63. The van der Waals surface area contributed by atoms with Gasteiger partial charge >= 0.3 is 0 Å². The summed E-state index contributed by atoms with van der Waals surface area (Å²) in [6.07, 6.45) is 5.54. The molecule has 1 aliphatic heterocycles. The molecule has 1 aliphatic rings. The molecule has 0 aromatic carbocycles. The van der Waals surface area contributed by atoms with Crippen molar-refractivity contribution in [2.45, 2.75) is 20.0 Å². The van der Waals surface area contributed by atoms with Gasteiger partial charge < -0.3 is 9.47 Å². The lowest BCUT2D eigenvalue weighted by Crippen LogP contribution is -2.46. The van der Waals surface area contributed by atoms with Gasteiger partial charge in [0.1, 0.15) is 17.7 Å². The van der Waals surface area contributed by atoms with Crippen LogP contribution < -0.4 is 4.90 Å². The van der Waals surface area contributed by atoms with Gasteiger partial charge in [0.05, 0.1) is 12.1 Å².